The number of aliphatic hydroxyl groups excluding tert-OH is 1. The van der Waals surface area contributed by atoms with Gasteiger partial charge in [0, 0.05) is 24.7 Å². The first-order valence-corrected chi connectivity index (χ1v) is 9.67. The van der Waals surface area contributed by atoms with Crippen LogP contribution in [-0.2, 0) is 22.7 Å². The fraction of sp³-hybridized carbons (Fsp3) is 0.524. The normalized spacial score (nSPS) is 20.5. The van der Waals surface area contributed by atoms with Crippen molar-refractivity contribution in [3.63, 3.8) is 0 Å². The number of hydrogen-bond acceptors (Lipinski definition) is 4. The fourth-order valence-corrected chi connectivity index (χ4v) is 3.56. The molecule has 28 heavy (non-hydrogen) atoms. The Morgan fingerprint density at radius 3 is 2.68 bits per heavy atom. The lowest BCUT2D eigenvalue weighted by atomic mass is 9.87. The lowest BCUT2D eigenvalue weighted by Crippen LogP contribution is -2.59. The number of nitrogens with one attached hydrogen (secondary N) is 1. The van der Waals surface area contributed by atoms with E-state index < -0.39 is 28.9 Å². The zero-order valence-corrected chi connectivity index (χ0v) is 17.3. The van der Waals surface area contributed by atoms with Gasteiger partial charge in [-0.05, 0) is 41.5 Å². The third kappa shape index (κ3) is 4.33. The van der Waals surface area contributed by atoms with Crippen LogP contribution in [-0.4, -0.2) is 40.0 Å². The minimum Gasteiger partial charge on any atom is -0.383 e. The zero-order chi connectivity index (χ0) is 21.1. The first-order chi connectivity index (χ1) is 13.1. The summed E-state index contributed by atoms with van der Waals surface area (Å²) in [6, 6.07) is 5.29. The Labute approximate surface area is 171 Å². The van der Waals surface area contributed by atoms with Crippen molar-refractivity contribution in [2.45, 2.75) is 58.3 Å². The van der Waals surface area contributed by atoms with E-state index >= 15 is 0 Å². The molecule has 1 aliphatic heterocycles. The van der Waals surface area contributed by atoms with Crippen LogP contribution in [0.3, 0.4) is 0 Å². The van der Waals surface area contributed by atoms with Crippen LogP contribution in [0.25, 0.3) is 0 Å². The van der Waals surface area contributed by atoms with Gasteiger partial charge in [-0.3, -0.25) is 9.59 Å². The van der Waals surface area contributed by atoms with Gasteiger partial charge in [0.25, 0.3) is 11.8 Å². The number of carbonyl (C=O) groups is 2. The van der Waals surface area contributed by atoms with E-state index in [9.17, 15) is 14.7 Å². The summed E-state index contributed by atoms with van der Waals surface area (Å²) in [5.74, 6) is 1.56. The molecule has 2 rings (SSSR count). The highest BCUT2D eigenvalue weighted by Gasteiger charge is 2.50. The van der Waals surface area contributed by atoms with Gasteiger partial charge >= 0.3 is 0 Å². The monoisotopic (exact) mass is 405 g/mol. The molecule has 0 unspecified atom stereocenters. The van der Waals surface area contributed by atoms with Gasteiger partial charge in [0.05, 0.1) is 0 Å². The number of amides is 2. The predicted molar refractivity (Wildman–Crippen MR) is 109 cm³/mol. The Morgan fingerprint density at radius 1 is 1.43 bits per heavy atom. The van der Waals surface area contributed by atoms with Crippen LogP contribution >= 0.6 is 11.6 Å². The molecular weight excluding hydrogens is 378 g/mol. The van der Waals surface area contributed by atoms with E-state index in [1.165, 1.54) is 4.90 Å². The highest BCUT2D eigenvalue weighted by Crippen LogP contribution is 2.32. The van der Waals surface area contributed by atoms with Gasteiger partial charge in [-0.2, -0.15) is 0 Å². The van der Waals surface area contributed by atoms with Crippen molar-refractivity contribution >= 4 is 23.4 Å². The summed E-state index contributed by atoms with van der Waals surface area (Å²) in [6.45, 7) is 6.11. The van der Waals surface area contributed by atoms with E-state index in [-0.39, 0.29) is 6.54 Å². The average molecular weight is 406 g/mol. The van der Waals surface area contributed by atoms with Crippen molar-refractivity contribution in [2.24, 2.45) is 11.1 Å². The van der Waals surface area contributed by atoms with Crippen molar-refractivity contribution in [3.05, 3.63) is 34.3 Å². The first-order valence-electron chi connectivity index (χ1n) is 9.30. The van der Waals surface area contributed by atoms with Gasteiger partial charge in [0.2, 0.25) is 0 Å². The third-order valence-electron chi connectivity index (χ3n) is 5.14. The second kappa shape index (κ2) is 8.52. The second-order valence-corrected chi connectivity index (χ2v) is 8.60. The number of terminal acetylenes is 1. The minimum absolute atomic E-state index is 0.194. The van der Waals surface area contributed by atoms with Crippen LogP contribution in [0.5, 0.6) is 0 Å². The second-order valence-electron chi connectivity index (χ2n) is 8.17. The Morgan fingerprint density at radius 2 is 2.11 bits per heavy atom. The molecular formula is C21H28ClN3O3. The predicted octanol–water partition coefficient (Wildman–Crippen LogP) is 1.82. The number of aliphatic hydroxyl groups is 1. The molecule has 0 radical (unpaired) electrons. The van der Waals surface area contributed by atoms with Crippen LogP contribution in [0.4, 0.5) is 0 Å². The van der Waals surface area contributed by atoms with Crippen molar-refractivity contribution in [1.82, 2.24) is 10.2 Å². The maximum atomic E-state index is 13.0. The zero-order valence-electron chi connectivity index (χ0n) is 16.6. The first kappa shape index (κ1) is 22.2. The molecule has 0 spiro atoms. The van der Waals surface area contributed by atoms with E-state index in [4.69, 9.17) is 23.8 Å². The highest BCUT2D eigenvalue weighted by molar-refractivity contribution is 6.30. The van der Waals surface area contributed by atoms with Crippen molar-refractivity contribution in [2.75, 3.05) is 6.54 Å². The third-order valence-corrected chi connectivity index (χ3v) is 5.38. The molecule has 1 saturated heterocycles. The van der Waals surface area contributed by atoms with Gasteiger partial charge in [0.1, 0.15) is 6.10 Å². The number of halogens is 1. The van der Waals surface area contributed by atoms with Crippen molar-refractivity contribution in [3.8, 4) is 12.3 Å². The van der Waals surface area contributed by atoms with Crippen LogP contribution in [0.2, 0.25) is 5.02 Å². The lowest BCUT2D eigenvalue weighted by Gasteiger charge is -2.36. The van der Waals surface area contributed by atoms with Crippen LogP contribution in [0, 0.1) is 17.8 Å². The Balaban J connectivity index is 2.23. The fourth-order valence-electron chi connectivity index (χ4n) is 3.37. The molecule has 152 valence electrons. The minimum atomic E-state index is -1.41. The lowest BCUT2D eigenvalue weighted by molar-refractivity contribution is -0.152. The number of nitrogens with zero attached hydrogens (tertiary/aromatic N) is 1. The summed E-state index contributed by atoms with van der Waals surface area (Å²) in [7, 11) is 0. The molecule has 1 aromatic rings. The van der Waals surface area contributed by atoms with E-state index in [1.807, 2.05) is 6.07 Å². The standard InChI is InChI=1S/C21H28ClN3O3/c1-5-21(9-6-10-25(21)18(27)17(26)20(2,3)4)19(28)24-13-15-11-16(22)8-7-14(15)12-23/h1,7-8,11,17,26H,6,9-10,12-13,23H2,2-4H3,(H,24,28)/t17-,21-/m0/s1. The summed E-state index contributed by atoms with van der Waals surface area (Å²) in [5.41, 5.74) is 5.33. The molecule has 6 nitrogen and oxygen atoms in total. The number of carbonyl (C=O) groups excluding carboxylic acids is 2. The molecule has 0 aromatic heterocycles. The molecule has 1 heterocycles. The van der Waals surface area contributed by atoms with Crippen LogP contribution < -0.4 is 11.1 Å². The molecule has 1 aromatic carbocycles. The maximum Gasteiger partial charge on any atom is 0.258 e. The Hall–Kier alpha value is -2.07. The van der Waals surface area contributed by atoms with Gasteiger partial charge < -0.3 is 21.1 Å². The van der Waals surface area contributed by atoms with Gasteiger partial charge in [-0.15, -0.1) is 6.42 Å². The molecule has 7 heteroatoms. The van der Waals surface area contributed by atoms with E-state index in [0.29, 0.717) is 31.0 Å². The van der Waals surface area contributed by atoms with Crippen LogP contribution in [0.15, 0.2) is 18.2 Å². The number of nitrogens with two attached hydrogens (primary N) is 1. The topological polar surface area (TPSA) is 95.7 Å². The molecule has 0 aliphatic carbocycles. The number of likely N-dealkylation sites (tertiary alicyclic amines) is 1. The summed E-state index contributed by atoms with van der Waals surface area (Å²) >= 11 is 6.05. The smallest absolute Gasteiger partial charge is 0.258 e. The Kier molecular flexibility index (Phi) is 6.76. The largest absolute Gasteiger partial charge is 0.383 e. The van der Waals surface area contributed by atoms with E-state index in [2.05, 4.69) is 11.2 Å². The van der Waals surface area contributed by atoms with E-state index in [0.717, 1.165) is 11.1 Å². The molecule has 2 atom stereocenters. The highest BCUT2D eigenvalue weighted by atomic mass is 35.5. The Bertz CT molecular complexity index is 797. The summed E-state index contributed by atoms with van der Waals surface area (Å²) in [4.78, 5) is 27.2. The molecule has 0 saturated carbocycles. The maximum absolute atomic E-state index is 13.0. The van der Waals surface area contributed by atoms with Gasteiger partial charge in [0.15, 0.2) is 5.54 Å². The molecule has 2 amide bonds. The van der Waals surface area contributed by atoms with E-state index in [1.54, 1.807) is 32.9 Å². The molecule has 1 aliphatic rings. The quantitative estimate of drug-likeness (QED) is 0.651. The molecule has 4 N–H and O–H groups in total. The summed E-state index contributed by atoms with van der Waals surface area (Å²) < 4.78 is 0. The summed E-state index contributed by atoms with van der Waals surface area (Å²) in [5, 5.41) is 13.8. The molecule has 0 bridgehead atoms. The number of benzene rings is 1. The van der Waals surface area contributed by atoms with Gasteiger partial charge in [-0.1, -0.05) is 44.4 Å². The molecule has 1 fully saturated rings. The number of hydrogen-bond donors (Lipinski definition) is 3. The summed E-state index contributed by atoms with van der Waals surface area (Å²) in [6.07, 6.45) is 5.41. The average Bonchev–Trinajstić information content (AvgIpc) is 3.09. The van der Waals surface area contributed by atoms with Crippen molar-refractivity contribution < 1.29 is 14.7 Å². The van der Waals surface area contributed by atoms with Gasteiger partial charge in [-0.25, -0.2) is 0 Å². The van der Waals surface area contributed by atoms with Crippen LogP contribution in [0.1, 0.15) is 44.7 Å². The SMILES string of the molecule is C#C[C@@]1(C(=O)NCc2cc(Cl)ccc2CN)CCCN1C(=O)[C@H](O)C(C)(C)C. The number of rotatable bonds is 5. The van der Waals surface area contributed by atoms with Crippen molar-refractivity contribution in [1.29, 1.82) is 0 Å².